The van der Waals surface area contributed by atoms with Crippen molar-refractivity contribution in [1.82, 2.24) is 0 Å². The molecule has 0 amide bonds. The lowest BCUT2D eigenvalue weighted by molar-refractivity contribution is 0.107. The Morgan fingerprint density at radius 3 is 2.33 bits per heavy atom. The summed E-state index contributed by atoms with van der Waals surface area (Å²) in [6, 6.07) is 4.20. The maximum absolute atomic E-state index is 6.07. The molecule has 1 aromatic carbocycles. The summed E-state index contributed by atoms with van der Waals surface area (Å²) >= 11 is 0. The van der Waals surface area contributed by atoms with Crippen molar-refractivity contribution in [3.63, 3.8) is 0 Å². The fourth-order valence-corrected chi connectivity index (χ4v) is 2.45. The Labute approximate surface area is 109 Å². The van der Waals surface area contributed by atoms with Crippen molar-refractivity contribution in [2.45, 2.75) is 32.8 Å². The fourth-order valence-electron chi connectivity index (χ4n) is 2.45. The molecular weight excluding hydrogens is 220 g/mol. The van der Waals surface area contributed by atoms with E-state index >= 15 is 0 Å². The summed E-state index contributed by atoms with van der Waals surface area (Å²) < 4.78 is 6.07. The topological polar surface area (TPSA) is 9.23 Å². The van der Waals surface area contributed by atoms with E-state index in [0.29, 0.717) is 0 Å². The third-order valence-corrected chi connectivity index (χ3v) is 3.32. The first-order chi connectivity index (χ1) is 8.50. The van der Waals surface area contributed by atoms with E-state index < -0.39 is 0 Å². The molecule has 0 unspecified atom stereocenters. The van der Waals surface area contributed by atoms with E-state index in [1.165, 1.54) is 11.1 Å². The zero-order chi connectivity index (χ0) is 13.3. The van der Waals surface area contributed by atoms with E-state index in [0.717, 1.165) is 23.3 Å². The Morgan fingerprint density at radius 2 is 1.78 bits per heavy atom. The van der Waals surface area contributed by atoms with Crippen LogP contribution in [-0.2, 0) is 0 Å². The number of ether oxygens (including phenoxy) is 1. The summed E-state index contributed by atoms with van der Waals surface area (Å²) in [4.78, 5) is 0. The van der Waals surface area contributed by atoms with Gasteiger partial charge in [0.25, 0.3) is 0 Å². The molecular formula is C17H20O. The highest BCUT2D eigenvalue weighted by Crippen LogP contribution is 2.41. The number of hydrogen-bond donors (Lipinski definition) is 0. The highest BCUT2D eigenvalue weighted by atomic mass is 16.5. The second-order valence-electron chi connectivity index (χ2n) is 5.24. The summed E-state index contributed by atoms with van der Waals surface area (Å²) in [5.74, 6) is 0.944. The summed E-state index contributed by atoms with van der Waals surface area (Å²) in [7, 11) is 0. The molecule has 0 atom stereocenters. The van der Waals surface area contributed by atoms with Gasteiger partial charge in [0.2, 0.25) is 0 Å². The SMILES string of the molecule is C=Cc1cc2c(cc1C=C)/C(=C/C)CC(C)(C)O2. The quantitative estimate of drug-likeness (QED) is 0.711. The Kier molecular flexibility index (Phi) is 3.16. The zero-order valence-electron chi connectivity index (χ0n) is 11.4. The van der Waals surface area contributed by atoms with Gasteiger partial charge >= 0.3 is 0 Å². The maximum atomic E-state index is 6.07. The van der Waals surface area contributed by atoms with Crippen molar-refractivity contribution < 1.29 is 4.74 Å². The Bertz CT molecular complexity index is 533. The minimum absolute atomic E-state index is 0.150. The van der Waals surface area contributed by atoms with Gasteiger partial charge < -0.3 is 4.74 Å². The molecule has 0 aliphatic carbocycles. The van der Waals surface area contributed by atoms with Gasteiger partial charge in [-0.15, -0.1) is 0 Å². The first-order valence-electron chi connectivity index (χ1n) is 6.28. The molecule has 1 aliphatic rings. The molecule has 0 spiro atoms. The van der Waals surface area contributed by atoms with E-state index in [4.69, 9.17) is 4.74 Å². The second-order valence-corrected chi connectivity index (χ2v) is 5.24. The summed E-state index contributed by atoms with van der Waals surface area (Å²) in [5, 5.41) is 0. The van der Waals surface area contributed by atoms with Crippen molar-refractivity contribution in [2.24, 2.45) is 0 Å². The molecule has 1 nitrogen and oxygen atoms in total. The fraction of sp³-hybridized carbons (Fsp3) is 0.294. The average molecular weight is 240 g/mol. The van der Waals surface area contributed by atoms with Gasteiger partial charge in [0.15, 0.2) is 0 Å². The third-order valence-electron chi connectivity index (χ3n) is 3.32. The predicted octanol–water partition coefficient (Wildman–Crippen LogP) is 4.94. The van der Waals surface area contributed by atoms with Crippen LogP contribution < -0.4 is 4.74 Å². The van der Waals surface area contributed by atoms with Crippen LogP contribution in [0.25, 0.3) is 17.7 Å². The van der Waals surface area contributed by atoms with E-state index in [-0.39, 0.29) is 5.60 Å². The molecule has 1 aliphatic heterocycles. The Hall–Kier alpha value is -1.76. The zero-order valence-corrected chi connectivity index (χ0v) is 11.4. The van der Waals surface area contributed by atoms with Crippen LogP contribution in [0, 0.1) is 0 Å². The van der Waals surface area contributed by atoms with Crippen LogP contribution in [0.2, 0.25) is 0 Å². The molecule has 94 valence electrons. The monoisotopic (exact) mass is 240 g/mol. The van der Waals surface area contributed by atoms with Gasteiger partial charge in [-0.05, 0) is 49.6 Å². The largest absolute Gasteiger partial charge is 0.487 e. The first-order valence-corrected chi connectivity index (χ1v) is 6.28. The average Bonchev–Trinajstić information content (AvgIpc) is 2.35. The molecule has 2 rings (SSSR count). The van der Waals surface area contributed by atoms with Crippen molar-refractivity contribution >= 4 is 17.7 Å². The van der Waals surface area contributed by atoms with Crippen LogP contribution in [0.15, 0.2) is 31.4 Å². The van der Waals surface area contributed by atoms with E-state index in [2.05, 4.69) is 52.1 Å². The minimum Gasteiger partial charge on any atom is -0.487 e. The molecule has 1 aromatic rings. The van der Waals surface area contributed by atoms with Crippen LogP contribution >= 0.6 is 0 Å². The lowest BCUT2D eigenvalue weighted by Crippen LogP contribution is -2.32. The third kappa shape index (κ3) is 2.13. The molecule has 0 radical (unpaired) electrons. The van der Waals surface area contributed by atoms with Crippen molar-refractivity contribution in [1.29, 1.82) is 0 Å². The van der Waals surface area contributed by atoms with Crippen LogP contribution in [0.1, 0.15) is 43.9 Å². The summed E-state index contributed by atoms with van der Waals surface area (Å²) in [6.45, 7) is 14.0. The van der Waals surface area contributed by atoms with Gasteiger partial charge in [0.05, 0.1) is 0 Å². The second kappa shape index (κ2) is 4.49. The van der Waals surface area contributed by atoms with Gasteiger partial charge in [0, 0.05) is 12.0 Å². The highest BCUT2D eigenvalue weighted by Gasteiger charge is 2.29. The molecule has 0 saturated heterocycles. The van der Waals surface area contributed by atoms with Gasteiger partial charge in [-0.25, -0.2) is 0 Å². The maximum Gasteiger partial charge on any atom is 0.128 e. The van der Waals surface area contributed by atoms with Crippen molar-refractivity contribution in [3.8, 4) is 5.75 Å². The van der Waals surface area contributed by atoms with E-state index in [1.54, 1.807) is 0 Å². The number of hydrogen-bond acceptors (Lipinski definition) is 1. The Balaban J connectivity index is 2.65. The van der Waals surface area contributed by atoms with E-state index in [9.17, 15) is 0 Å². The molecule has 0 bridgehead atoms. The first kappa shape index (κ1) is 12.7. The normalized spacial score (nSPS) is 18.9. The van der Waals surface area contributed by atoms with E-state index in [1.807, 2.05) is 12.2 Å². The number of fused-ring (bicyclic) bond motifs is 1. The van der Waals surface area contributed by atoms with Crippen LogP contribution in [0.3, 0.4) is 0 Å². The number of rotatable bonds is 2. The van der Waals surface area contributed by atoms with Gasteiger partial charge in [-0.3, -0.25) is 0 Å². The molecule has 0 saturated carbocycles. The van der Waals surface area contributed by atoms with Gasteiger partial charge in [0.1, 0.15) is 11.4 Å². The summed E-state index contributed by atoms with van der Waals surface area (Å²) in [6.07, 6.45) is 6.81. The molecule has 0 N–H and O–H groups in total. The molecule has 0 fully saturated rings. The van der Waals surface area contributed by atoms with Crippen LogP contribution in [0.5, 0.6) is 5.75 Å². The molecule has 1 heterocycles. The van der Waals surface area contributed by atoms with Crippen LogP contribution in [0.4, 0.5) is 0 Å². The smallest absolute Gasteiger partial charge is 0.128 e. The Morgan fingerprint density at radius 1 is 1.17 bits per heavy atom. The predicted molar refractivity (Wildman–Crippen MR) is 79.6 cm³/mol. The number of benzene rings is 1. The molecule has 0 aromatic heterocycles. The highest BCUT2D eigenvalue weighted by molar-refractivity contribution is 5.78. The van der Waals surface area contributed by atoms with Crippen molar-refractivity contribution in [3.05, 3.63) is 48.1 Å². The van der Waals surface area contributed by atoms with Crippen molar-refractivity contribution in [2.75, 3.05) is 0 Å². The molecule has 1 heteroatoms. The lowest BCUT2D eigenvalue weighted by Gasteiger charge is -2.34. The number of allylic oxidation sites excluding steroid dienone is 1. The standard InChI is InChI=1S/C17H20O/c1-6-12-9-15-14(8-3)11-17(4,5)18-16(15)10-13(12)7-2/h6-10H,1-2,11H2,3-5H3/b14-8+. The molecule has 18 heavy (non-hydrogen) atoms. The van der Waals surface area contributed by atoms with Gasteiger partial charge in [-0.1, -0.05) is 31.4 Å². The van der Waals surface area contributed by atoms with Crippen LogP contribution in [-0.4, -0.2) is 5.60 Å². The van der Waals surface area contributed by atoms with Gasteiger partial charge in [-0.2, -0.15) is 0 Å². The summed E-state index contributed by atoms with van der Waals surface area (Å²) in [5.41, 5.74) is 4.53. The lowest BCUT2D eigenvalue weighted by atomic mass is 9.87. The minimum atomic E-state index is -0.150.